The Morgan fingerprint density at radius 2 is 1.94 bits per heavy atom. The Morgan fingerprint density at radius 1 is 1.23 bits per heavy atom. The van der Waals surface area contributed by atoms with Crippen molar-refractivity contribution in [3.05, 3.63) is 76.3 Å². The Labute approximate surface area is 185 Å². The number of nitrogens with one attached hydrogen (secondary N) is 1. The number of carboxylic acids is 1. The van der Waals surface area contributed by atoms with Gasteiger partial charge < -0.3 is 15.4 Å². The molecule has 31 heavy (non-hydrogen) atoms. The molecule has 0 unspecified atom stereocenters. The number of nitrogens with zero attached hydrogens (tertiary/aromatic N) is 3. The van der Waals surface area contributed by atoms with E-state index in [2.05, 4.69) is 22.5 Å². The Bertz CT molecular complexity index is 1090. The number of carbonyl (C=O) groups is 1. The summed E-state index contributed by atoms with van der Waals surface area (Å²) in [5, 5.41) is 13.5. The number of aromatic carboxylic acids is 1. The maximum Gasteiger partial charge on any atom is 0.355 e. The predicted octanol–water partition coefficient (Wildman–Crippen LogP) is 3.38. The molecule has 0 aliphatic rings. The molecule has 0 aliphatic heterocycles. The van der Waals surface area contributed by atoms with Gasteiger partial charge in [0.05, 0.1) is 0 Å². The van der Waals surface area contributed by atoms with Gasteiger partial charge in [-0.3, -0.25) is 0 Å². The SMILES string of the molecule is CCCCc1nc(Cl)c(C(=O)O)n1Cc1ccc(-c2ccccc2/C(N)=N/NN)cc1. The fraction of sp³-hybridized carbons (Fsp3) is 0.227. The monoisotopic (exact) mass is 440 g/mol. The van der Waals surface area contributed by atoms with Crippen LogP contribution in [0.1, 0.15) is 47.2 Å². The zero-order chi connectivity index (χ0) is 22.4. The normalized spacial score (nSPS) is 11.5. The topological polar surface area (TPSA) is 132 Å². The number of aryl methyl sites for hydroxylation is 1. The number of unbranched alkanes of at least 4 members (excludes halogenated alkanes) is 1. The van der Waals surface area contributed by atoms with Crippen LogP contribution < -0.4 is 17.1 Å². The lowest BCUT2D eigenvalue weighted by Gasteiger charge is -2.12. The van der Waals surface area contributed by atoms with Crippen molar-refractivity contribution in [2.45, 2.75) is 32.7 Å². The van der Waals surface area contributed by atoms with E-state index in [1.54, 1.807) is 4.57 Å². The standard InChI is InChI=1S/C22H25ClN6O2/c1-2-3-8-18-26-20(23)19(22(30)31)29(18)13-14-9-11-15(12-10-14)16-6-4-5-7-17(16)21(24)27-28-25/h4-7,9-12,28H,2-3,8,13,25H2,1H3,(H2,24,27)(H,30,31). The molecule has 0 saturated heterocycles. The van der Waals surface area contributed by atoms with Crippen molar-refractivity contribution in [1.29, 1.82) is 0 Å². The number of hydrazine groups is 1. The van der Waals surface area contributed by atoms with Crippen molar-refractivity contribution in [3.63, 3.8) is 0 Å². The van der Waals surface area contributed by atoms with Gasteiger partial charge in [-0.05, 0) is 23.1 Å². The molecular formula is C22H25ClN6O2. The Hall–Kier alpha value is -3.36. The quantitative estimate of drug-likeness (QED) is 0.174. The number of hydrazone groups is 1. The van der Waals surface area contributed by atoms with E-state index >= 15 is 0 Å². The first-order valence-electron chi connectivity index (χ1n) is 9.91. The molecule has 0 aliphatic carbocycles. The van der Waals surface area contributed by atoms with Gasteiger partial charge in [0.25, 0.3) is 0 Å². The van der Waals surface area contributed by atoms with E-state index in [1.165, 1.54) is 0 Å². The van der Waals surface area contributed by atoms with Crippen LogP contribution in [0, 0.1) is 0 Å². The molecule has 0 amide bonds. The molecule has 0 atom stereocenters. The lowest BCUT2D eigenvalue weighted by Crippen LogP contribution is -2.23. The van der Waals surface area contributed by atoms with Gasteiger partial charge in [0.15, 0.2) is 16.7 Å². The first kappa shape index (κ1) is 22.3. The first-order valence-corrected chi connectivity index (χ1v) is 10.3. The molecule has 1 heterocycles. The number of aromatic nitrogens is 2. The summed E-state index contributed by atoms with van der Waals surface area (Å²) in [6.07, 6.45) is 2.55. The van der Waals surface area contributed by atoms with Gasteiger partial charge >= 0.3 is 5.97 Å². The van der Waals surface area contributed by atoms with Gasteiger partial charge in [0, 0.05) is 18.5 Å². The minimum absolute atomic E-state index is 0.0143. The van der Waals surface area contributed by atoms with E-state index in [9.17, 15) is 9.90 Å². The van der Waals surface area contributed by atoms with E-state index in [0.717, 1.165) is 35.1 Å². The fourth-order valence-electron chi connectivity index (χ4n) is 3.43. The molecular weight excluding hydrogens is 416 g/mol. The van der Waals surface area contributed by atoms with Crippen LogP contribution in [0.4, 0.5) is 0 Å². The zero-order valence-corrected chi connectivity index (χ0v) is 17.9. The molecule has 6 N–H and O–H groups in total. The van der Waals surface area contributed by atoms with Crippen LogP contribution in [0.5, 0.6) is 0 Å². The second-order valence-corrected chi connectivity index (χ2v) is 7.39. The van der Waals surface area contributed by atoms with Crippen molar-refractivity contribution < 1.29 is 9.90 Å². The van der Waals surface area contributed by atoms with Crippen LogP contribution in [0.3, 0.4) is 0 Å². The zero-order valence-electron chi connectivity index (χ0n) is 17.2. The minimum Gasteiger partial charge on any atom is -0.476 e. The lowest BCUT2D eigenvalue weighted by atomic mass is 9.98. The Balaban J connectivity index is 1.93. The van der Waals surface area contributed by atoms with Crippen LogP contribution in [0.25, 0.3) is 11.1 Å². The molecule has 3 aromatic rings. The van der Waals surface area contributed by atoms with E-state index in [1.807, 2.05) is 48.5 Å². The third-order valence-electron chi connectivity index (χ3n) is 4.95. The van der Waals surface area contributed by atoms with Crippen molar-refractivity contribution in [3.8, 4) is 11.1 Å². The fourth-order valence-corrected chi connectivity index (χ4v) is 3.71. The van der Waals surface area contributed by atoms with Crippen LogP contribution >= 0.6 is 11.6 Å². The number of rotatable bonds is 9. The van der Waals surface area contributed by atoms with Crippen molar-refractivity contribution >= 4 is 23.4 Å². The first-order chi connectivity index (χ1) is 15.0. The second kappa shape index (κ2) is 10.1. The highest BCUT2D eigenvalue weighted by atomic mass is 35.5. The van der Waals surface area contributed by atoms with E-state index < -0.39 is 5.97 Å². The van der Waals surface area contributed by atoms with Crippen molar-refractivity contribution in [2.75, 3.05) is 0 Å². The molecule has 9 heteroatoms. The number of amidine groups is 1. The molecule has 3 rings (SSSR count). The summed E-state index contributed by atoms with van der Waals surface area (Å²) in [5.41, 5.74) is 11.8. The molecule has 0 spiro atoms. The highest BCUT2D eigenvalue weighted by Crippen LogP contribution is 2.25. The molecule has 0 bridgehead atoms. The molecule has 0 saturated carbocycles. The number of halogens is 1. The average molecular weight is 441 g/mol. The maximum atomic E-state index is 11.7. The summed E-state index contributed by atoms with van der Waals surface area (Å²) in [7, 11) is 0. The van der Waals surface area contributed by atoms with Gasteiger partial charge in [0.2, 0.25) is 0 Å². The van der Waals surface area contributed by atoms with E-state index in [-0.39, 0.29) is 16.7 Å². The van der Waals surface area contributed by atoms with Crippen LogP contribution in [0.2, 0.25) is 5.15 Å². The highest BCUT2D eigenvalue weighted by Gasteiger charge is 2.21. The number of hydrogen-bond acceptors (Lipinski definition) is 5. The lowest BCUT2D eigenvalue weighted by molar-refractivity contribution is 0.0685. The van der Waals surface area contributed by atoms with Gasteiger partial charge in [0.1, 0.15) is 5.82 Å². The molecule has 1 aromatic heterocycles. The predicted molar refractivity (Wildman–Crippen MR) is 122 cm³/mol. The number of hydrogen-bond donors (Lipinski definition) is 4. The van der Waals surface area contributed by atoms with Gasteiger partial charge in [-0.15, -0.1) is 5.10 Å². The third kappa shape index (κ3) is 5.04. The summed E-state index contributed by atoms with van der Waals surface area (Å²) >= 11 is 6.12. The molecule has 0 radical (unpaired) electrons. The van der Waals surface area contributed by atoms with Crippen molar-refractivity contribution in [2.24, 2.45) is 16.7 Å². The summed E-state index contributed by atoms with van der Waals surface area (Å²) < 4.78 is 1.68. The summed E-state index contributed by atoms with van der Waals surface area (Å²) in [6, 6.07) is 15.4. The number of imidazole rings is 1. The minimum atomic E-state index is -1.09. The van der Waals surface area contributed by atoms with Crippen molar-refractivity contribution in [1.82, 2.24) is 15.1 Å². The summed E-state index contributed by atoms with van der Waals surface area (Å²) in [6.45, 7) is 2.44. The second-order valence-electron chi connectivity index (χ2n) is 7.03. The third-order valence-corrected chi connectivity index (χ3v) is 5.22. The van der Waals surface area contributed by atoms with Crippen LogP contribution in [0.15, 0.2) is 53.6 Å². The largest absolute Gasteiger partial charge is 0.476 e. The summed E-state index contributed by atoms with van der Waals surface area (Å²) in [5.74, 6) is 5.12. The molecule has 0 fully saturated rings. The molecule has 8 nitrogen and oxygen atoms in total. The van der Waals surface area contributed by atoms with E-state index in [4.69, 9.17) is 23.2 Å². The van der Waals surface area contributed by atoms with Gasteiger partial charge in [-0.1, -0.05) is 73.5 Å². The number of carboxylic acid groups (broad SMARTS) is 1. The maximum absolute atomic E-state index is 11.7. The van der Waals surface area contributed by atoms with Gasteiger partial charge in [-0.25, -0.2) is 21.2 Å². The Morgan fingerprint density at radius 3 is 2.58 bits per heavy atom. The smallest absolute Gasteiger partial charge is 0.355 e. The highest BCUT2D eigenvalue weighted by molar-refractivity contribution is 6.32. The van der Waals surface area contributed by atoms with E-state index in [0.29, 0.717) is 18.8 Å². The molecule has 2 aromatic carbocycles. The molecule has 162 valence electrons. The average Bonchev–Trinajstić information content (AvgIpc) is 3.07. The summed E-state index contributed by atoms with van der Waals surface area (Å²) in [4.78, 5) is 16.0. The van der Waals surface area contributed by atoms with Gasteiger partial charge in [-0.2, -0.15) is 0 Å². The van der Waals surface area contributed by atoms with Crippen LogP contribution in [-0.4, -0.2) is 26.5 Å². The Kier molecular flexibility index (Phi) is 7.28. The number of nitrogens with two attached hydrogens (primary N) is 2. The van der Waals surface area contributed by atoms with Crippen LogP contribution in [-0.2, 0) is 13.0 Å². The number of benzene rings is 2.